The molecule has 7 nitrogen and oxygen atoms in total. The number of carbonyl (C=O) groups is 4. The van der Waals surface area contributed by atoms with E-state index in [2.05, 4.69) is 10.6 Å². The molecule has 3 rings (SSSR count). The smallest absolute Gasteiger partial charge is 0.326 e. The first-order valence-electron chi connectivity index (χ1n) is 11.0. The van der Waals surface area contributed by atoms with Crippen molar-refractivity contribution in [2.45, 2.75) is 31.8 Å². The summed E-state index contributed by atoms with van der Waals surface area (Å²) < 4.78 is 14.1. The van der Waals surface area contributed by atoms with Crippen LogP contribution in [0.5, 0.6) is 0 Å². The topological polar surface area (TPSA) is 113 Å². The highest BCUT2D eigenvalue weighted by molar-refractivity contribution is 6.08. The molecule has 180 valence electrons. The fourth-order valence-corrected chi connectivity index (χ4v) is 3.59. The third-order valence-corrected chi connectivity index (χ3v) is 5.38. The van der Waals surface area contributed by atoms with Gasteiger partial charge in [0, 0.05) is 30.9 Å². The van der Waals surface area contributed by atoms with Gasteiger partial charge >= 0.3 is 5.97 Å². The van der Waals surface area contributed by atoms with Gasteiger partial charge in [0.15, 0.2) is 5.78 Å². The van der Waals surface area contributed by atoms with E-state index in [0.717, 1.165) is 0 Å². The average molecular weight is 477 g/mol. The van der Waals surface area contributed by atoms with Gasteiger partial charge in [-0.1, -0.05) is 72.8 Å². The van der Waals surface area contributed by atoms with Crippen LogP contribution in [0.2, 0.25) is 0 Å². The number of carboxylic acids is 1. The zero-order chi connectivity index (χ0) is 25.4. The second kappa shape index (κ2) is 11.7. The Labute approximate surface area is 202 Å². The summed E-state index contributed by atoms with van der Waals surface area (Å²) in [5.41, 5.74) is 1.79. The summed E-state index contributed by atoms with van der Waals surface area (Å²) in [7, 11) is 0. The molecule has 3 aromatic carbocycles. The first-order chi connectivity index (χ1) is 16.7. The zero-order valence-electron chi connectivity index (χ0n) is 19.0. The third kappa shape index (κ3) is 7.07. The molecular formula is C27H25FN2O5. The molecule has 2 atom stereocenters. The predicted octanol–water partition coefficient (Wildman–Crippen LogP) is 2.92. The van der Waals surface area contributed by atoms with Crippen LogP contribution in [0.1, 0.15) is 34.0 Å². The van der Waals surface area contributed by atoms with E-state index in [9.17, 15) is 28.7 Å². The molecule has 0 aliphatic heterocycles. The quantitative estimate of drug-likeness (QED) is 0.390. The molecule has 0 bridgehead atoms. The van der Waals surface area contributed by atoms with Crippen LogP contribution >= 0.6 is 0 Å². The van der Waals surface area contributed by atoms with E-state index < -0.39 is 35.7 Å². The Morgan fingerprint density at radius 2 is 1.37 bits per heavy atom. The van der Waals surface area contributed by atoms with E-state index in [1.165, 1.54) is 25.1 Å². The summed E-state index contributed by atoms with van der Waals surface area (Å²) in [6, 6.07) is 18.6. The maximum absolute atomic E-state index is 14.1. The standard InChI is InChI=1S/C27H25FN2O5/c1-17(31)29-23(16-21-9-5-6-10-22(21)28)26(33)30-24(27(34)35)15-18-11-13-20(14-12-18)25(32)19-7-3-2-4-8-19/h2-14,23-24H,15-16H2,1H3,(H,29,31)(H,30,33)(H,34,35)/t23-,24+/m0/s1. The second-order valence-electron chi connectivity index (χ2n) is 8.04. The number of amides is 2. The number of nitrogens with one attached hydrogen (secondary N) is 2. The molecule has 0 heterocycles. The molecule has 0 radical (unpaired) electrons. The molecule has 0 aliphatic rings. The van der Waals surface area contributed by atoms with Gasteiger partial charge in [0.25, 0.3) is 0 Å². The molecule has 3 aromatic rings. The van der Waals surface area contributed by atoms with E-state index >= 15 is 0 Å². The molecule has 0 fully saturated rings. The summed E-state index contributed by atoms with van der Waals surface area (Å²) in [4.78, 5) is 48.8. The van der Waals surface area contributed by atoms with E-state index in [-0.39, 0.29) is 24.2 Å². The van der Waals surface area contributed by atoms with Crippen molar-refractivity contribution in [1.29, 1.82) is 0 Å². The fourth-order valence-electron chi connectivity index (χ4n) is 3.59. The van der Waals surface area contributed by atoms with Crippen LogP contribution in [0.3, 0.4) is 0 Å². The number of carboxylic acid groups (broad SMARTS) is 1. The Kier molecular flexibility index (Phi) is 8.45. The fraction of sp³-hybridized carbons (Fsp3) is 0.185. The lowest BCUT2D eigenvalue weighted by molar-refractivity contribution is -0.142. The number of hydrogen-bond donors (Lipinski definition) is 3. The highest BCUT2D eigenvalue weighted by Gasteiger charge is 2.27. The van der Waals surface area contributed by atoms with Gasteiger partial charge in [-0.3, -0.25) is 14.4 Å². The van der Waals surface area contributed by atoms with Gasteiger partial charge in [-0.25, -0.2) is 9.18 Å². The number of aliphatic carboxylic acids is 1. The van der Waals surface area contributed by atoms with Gasteiger partial charge in [-0.05, 0) is 17.2 Å². The summed E-state index contributed by atoms with van der Waals surface area (Å²) in [5.74, 6) is -3.21. The summed E-state index contributed by atoms with van der Waals surface area (Å²) in [5, 5.41) is 14.5. The van der Waals surface area contributed by atoms with Gasteiger partial charge in [0.2, 0.25) is 11.8 Å². The van der Waals surface area contributed by atoms with Crippen LogP contribution in [-0.4, -0.2) is 40.8 Å². The zero-order valence-corrected chi connectivity index (χ0v) is 19.0. The Hall–Kier alpha value is -4.33. The maximum Gasteiger partial charge on any atom is 0.326 e. The van der Waals surface area contributed by atoms with E-state index in [1.54, 1.807) is 54.6 Å². The van der Waals surface area contributed by atoms with Crippen molar-refractivity contribution in [3.8, 4) is 0 Å². The third-order valence-electron chi connectivity index (χ3n) is 5.38. The normalized spacial score (nSPS) is 12.3. The highest BCUT2D eigenvalue weighted by atomic mass is 19.1. The maximum atomic E-state index is 14.1. The monoisotopic (exact) mass is 476 g/mol. The molecule has 2 amide bonds. The molecule has 8 heteroatoms. The van der Waals surface area contributed by atoms with Gasteiger partial charge in [-0.2, -0.15) is 0 Å². The van der Waals surface area contributed by atoms with Crippen molar-refractivity contribution < 1.29 is 28.7 Å². The molecule has 0 saturated heterocycles. The van der Waals surface area contributed by atoms with Crippen LogP contribution < -0.4 is 10.6 Å². The Balaban J connectivity index is 1.71. The predicted molar refractivity (Wildman–Crippen MR) is 127 cm³/mol. The summed E-state index contributed by atoms with van der Waals surface area (Å²) >= 11 is 0. The molecule has 0 saturated carbocycles. The lowest BCUT2D eigenvalue weighted by Gasteiger charge is -2.21. The molecule has 35 heavy (non-hydrogen) atoms. The van der Waals surface area contributed by atoms with Crippen LogP contribution in [0.4, 0.5) is 4.39 Å². The van der Waals surface area contributed by atoms with Crippen LogP contribution in [0.15, 0.2) is 78.9 Å². The molecule has 0 spiro atoms. The van der Waals surface area contributed by atoms with Crippen LogP contribution in [0.25, 0.3) is 0 Å². The SMILES string of the molecule is CC(=O)N[C@@H](Cc1ccccc1F)C(=O)N[C@H](Cc1ccc(C(=O)c2ccccc2)cc1)C(=O)O. The number of halogens is 1. The van der Waals surface area contributed by atoms with Crippen molar-refractivity contribution in [1.82, 2.24) is 10.6 Å². The molecule has 3 N–H and O–H groups in total. The van der Waals surface area contributed by atoms with Crippen molar-refractivity contribution >= 4 is 23.6 Å². The van der Waals surface area contributed by atoms with Gasteiger partial charge < -0.3 is 15.7 Å². The average Bonchev–Trinajstić information content (AvgIpc) is 2.84. The minimum atomic E-state index is -1.30. The number of ketones is 1. The van der Waals surface area contributed by atoms with Gasteiger partial charge in [0.05, 0.1) is 0 Å². The lowest BCUT2D eigenvalue weighted by Crippen LogP contribution is -2.52. The number of benzene rings is 3. The van der Waals surface area contributed by atoms with Gasteiger partial charge in [-0.15, -0.1) is 0 Å². The summed E-state index contributed by atoms with van der Waals surface area (Å²) in [6.45, 7) is 1.22. The largest absolute Gasteiger partial charge is 0.480 e. The molecule has 0 aliphatic carbocycles. The van der Waals surface area contributed by atoms with Crippen molar-refractivity contribution in [2.24, 2.45) is 0 Å². The minimum Gasteiger partial charge on any atom is -0.480 e. The van der Waals surface area contributed by atoms with Crippen LogP contribution in [-0.2, 0) is 27.2 Å². The highest BCUT2D eigenvalue weighted by Crippen LogP contribution is 2.13. The number of hydrogen-bond acceptors (Lipinski definition) is 4. The van der Waals surface area contributed by atoms with Crippen molar-refractivity contribution in [3.63, 3.8) is 0 Å². The second-order valence-corrected chi connectivity index (χ2v) is 8.04. The number of carbonyl (C=O) groups excluding carboxylic acids is 3. The van der Waals surface area contributed by atoms with E-state index in [0.29, 0.717) is 16.7 Å². The number of rotatable bonds is 10. The molecule has 0 aromatic heterocycles. The first-order valence-corrected chi connectivity index (χ1v) is 11.0. The first kappa shape index (κ1) is 25.3. The Morgan fingerprint density at radius 3 is 1.97 bits per heavy atom. The van der Waals surface area contributed by atoms with E-state index in [4.69, 9.17) is 0 Å². The van der Waals surface area contributed by atoms with Crippen molar-refractivity contribution in [3.05, 3.63) is 107 Å². The van der Waals surface area contributed by atoms with Crippen molar-refractivity contribution in [2.75, 3.05) is 0 Å². The van der Waals surface area contributed by atoms with Crippen LogP contribution in [0, 0.1) is 5.82 Å². The van der Waals surface area contributed by atoms with E-state index in [1.807, 2.05) is 6.07 Å². The lowest BCUT2D eigenvalue weighted by atomic mass is 9.99. The Bertz CT molecular complexity index is 1210. The molecule has 0 unspecified atom stereocenters. The Morgan fingerprint density at radius 1 is 0.771 bits per heavy atom. The summed E-state index contributed by atoms with van der Waals surface area (Å²) in [6.07, 6.45) is -0.186. The minimum absolute atomic E-state index is 0.0482. The van der Waals surface area contributed by atoms with Gasteiger partial charge in [0.1, 0.15) is 17.9 Å². The molecular weight excluding hydrogens is 451 g/mol.